The standard InChI is InChI=1S/C15H15N3O3S/c1-9-5-6-11(22-9)8-13-17-15(21-18-13)10(2)16-14(19)12-4-3-7-20-12/h3-7,10H,8H2,1-2H3,(H,16,19). The number of aryl methyl sites for hydroxylation is 1. The Morgan fingerprint density at radius 3 is 2.95 bits per heavy atom. The quantitative estimate of drug-likeness (QED) is 0.782. The van der Waals surface area contributed by atoms with E-state index in [-0.39, 0.29) is 17.7 Å². The molecule has 3 aromatic rings. The van der Waals surface area contributed by atoms with Gasteiger partial charge in [-0.15, -0.1) is 11.3 Å². The monoisotopic (exact) mass is 317 g/mol. The molecule has 0 aliphatic carbocycles. The Balaban J connectivity index is 1.64. The van der Waals surface area contributed by atoms with E-state index in [4.69, 9.17) is 8.94 Å². The van der Waals surface area contributed by atoms with Gasteiger partial charge in [0.2, 0.25) is 5.89 Å². The fourth-order valence-corrected chi connectivity index (χ4v) is 2.88. The maximum Gasteiger partial charge on any atom is 0.287 e. The predicted molar refractivity (Wildman–Crippen MR) is 80.7 cm³/mol. The first kappa shape index (κ1) is 14.5. The van der Waals surface area contributed by atoms with E-state index in [9.17, 15) is 4.79 Å². The smallest absolute Gasteiger partial charge is 0.287 e. The zero-order valence-corrected chi connectivity index (χ0v) is 13.0. The van der Waals surface area contributed by atoms with Crippen molar-refractivity contribution in [3.05, 3.63) is 57.8 Å². The zero-order valence-electron chi connectivity index (χ0n) is 12.2. The summed E-state index contributed by atoms with van der Waals surface area (Å²) < 4.78 is 10.3. The number of thiophene rings is 1. The number of nitrogens with one attached hydrogen (secondary N) is 1. The van der Waals surface area contributed by atoms with E-state index >= 15 is 0 Å². The lowest BCUT2D eigenvalue weighted by molar-refractivity contribution is 0.0904. The number of hydrogen-bond donors (Lipinski definition) is 1. The molecule has 6 nitrogen and oxygen atoms in total. The molecular formula is C15H15N3O3S. The molecule has 0 bridgehead atoms. The van der Waals surface area contributed by atoms with E-state index in [1.165, 1.54) is 16.0 Å². The number of nitrogens with zero attached hydrogens (tertiary/aromatic N) is 2. The molecule has 0 aliphatic heterocycles. The minimum absolute atomic E-state index is 0.251. The van der Waals surface area contributed by atoms with E-state index < -0.39 is 0 Å². The van der Waals surface area contributed by atoms with Crippen molar-refractivity contribution in [2.45, 2.75) is 26.3 Å². The molecule has 1 amide bonds. The van der Waals surface area contributed by atoms with Crippen LogP contribution in [0, 0.1) is 6.92 Å². The summed E-state index contributed by atoms with van der Waals surface area (Å²) in [7, 11) is 0. The third kappa shape index (κ3) is 3.25. The second-order valence-corrected chi connectivity index (χ2v) is 6.28. The van der Waals surface area contributed by atoms with Crippen molar-refractivity contribution in [2.75, 3.05) is 0 Å². The van der Waals surface area contributed by atoms with E-state index in [0.717, 1.165) is 0 Å². The average Bonchev–Trinajstić information content (AvgIpc) is 3.20. The first-order valence-corrected chi connectivity index (χ1v) is 7.65. The highest BCUT2D eigenvalue weighted by Gasteiger charge is 2.19. The molecule has 0 aromatic carbocycles. The van der Waals surface area contributed by atoms with Crippen LogP contribution in [-0.4, -0.2) is 16.0 Å². The van der Waals surface area contributed by atoms with E-state index in [2.05, 4.69) is 34.5 Å². The maximum absolute atomic E-state index is 11.9. The molecule has 3 heterocycles. The maximum atomic E-state index is 11.9. The Hall–Kier alpha value is -2.41. The van der Waals surface area contributed by atoms with Crippen LogP contribution in [0.1, 0.15) is 45.0 Å². The van der Waals surface area contributed by atoms with Gasteiger partial charge in [0.25, 0.3) is 5.91 Å². The van der Waals surface area contributed by atoms with Crippen LogP contribution < -0.4 is 5.32 Å². The Kier molecular flexibility index (Phi) is 4.06. The predicted octanol–water partition coefficient (Wildman–Crippen LogP) is 3.11. The molecule has 0 saturated carbocycles. The van der Waals surface area contributed by atoms with Crippen LogP contribution in [0.2, 0.25) is 0 Å². The van der Waals surface area contributed by atoms with E-state index in [1.54, 1.807) is 30.4 Å². The summed E-state index contributed by atoms with van der Waals surface area (Å²) in [4.78, 5) is 18.7. The van der Waals surface area contributed by atoms with Crippen molar-refractivity contribution in [1.29, 1.82) is 0 Å². The molecule has 0 fully saturated rings. The van der Waals surface area contributed by atoms with Crippen LogP contribution in [0.15, 0.2) is 39.5 Å². The number of amides is 1. The molecule has 0 saturated heterocycles. The Bertz CT molecular complexity index is 761. The lowest BCUT2D eigenvalue weighted by Crippen LogP contribution is -2.26. The molecule has 3 aromatic heterocycles. The highest BCUT2D eigenvalue weighted by molar-refractivity contribution is 7.11. The minimum atomic E-state index is -0.385. The Labute approximate surface area is 131 Å². The molecule has 1 atom stereocenters. The summed E-state index contributed by atoms with van der Waals surface area (Å²) in [5.41, 5.74) is 0. The largest absolute Gasteiger partial charge is 0.459 e. The van der Waals surface area contributed by atoms with Gasteiger partial charge in [0, 0.05) is 16.2 Å². The average molecular weight is 317 g/mol. The Morgan fingerprint density at radius 2 is 2.27 bits per heavy atom. The fourth-order valence-electron chi connectivity index (χ4n) is 1.99. The molecule has 22 heavy (non-hydrogen) atoms. The molecule has 0 aliphatic rings. The molecule has 114 valence electrons. The van der Waals surface area contributed by atoms with Gasteiger partial charge in [-0.25, -0.2) is 0 Å². The summed E-state index contributed by atoms with van der Waals surface area (Å²) in [6, 6.07) is 6.99. The Morgan fingerprint density at radius 1 is 1.41 bits per heavy atom. The van der Waals surface area contributed by atoms with Gasteiger partial charge in [0.15, 0.2) is 11.6 Å². The van der Waals surface area contributed by atoms with Gasteiger partial charge in [0.05, 0.1) is 6.26 Å². The highest BCUT2D eigenvalue weighted by atomic mass is 32.1. The van der Waals surface area contributed by atoms with Gasteiger partial charge in [-0.3, -0.25) is 4.79 Å². The summed E-state index contributed by atoms with van der Waals surface area (Å²) in [5, 5.41) is 6.71. The van der Waals surface area contributed by atoms with Crippen LogP contribution in [-0.2, 0) is 6.42 Å². The molecule has 0 radical (unpaired) electrons. The van der Waals surface area contributed by atoms with Gasteiger partial charge in [-0.2, -0.15) is 4.98 Å². The summed E-state index contributed by atoms with van der Waals surface area (Å²) in [6.45, 7) is 3.84. The second-order valence-electron chi connectivity index (χ2n) is 4.91. The van der Waals surface area contributed by atoms with Gasteiger partial charge >= 0.3 is 0 Å². The lowest BCUT2D eigenvalue weighted by atomic mass is 10.3. The SMILES string of the molecule is Cc1ccc(Cc2noc(C(C)NC(=O)c3ccco3)n2)s1. The molecule has 3 rings (SSSR count). The second kappa shape index (κ2) is 6.15. The van der Waals surface area contributed by atoms with Crippen molar-refractivity contribution < 1.29 is 13.7 Å². The number of carbonyl (C=O) groups excluding carboxylic acids is 1. The number of aromatic nitrogens is 2. The number of carbonyl (C=O) groups is 1. The zero-order chi connectivity index (χ0) is 15.5. The minimum Gasteiger partial charge on any atom is -0.459 e. The summed E-state index contributed by atoms with van der Waals surface area (Å²) in [6.07, 6.45) is 2.08. The first-order chi connectivity index (χ1) is 10.6. The van der Waals surface area contributed by atoms with Gasteiger partial charge in [-0.05, 0) is 38.1 Å². The fraction of sp³-hybridized carbons (Fsp3) is 0.267. The lowest BCUT2D eigenvalue weighted by Gasteiger charge is -2.07. The molecular weight excluding hydrogens is 302 g/mol. The third-order valence-electron chi connectivity index (χ3n) is 3.08. The molecule has 0 spiro atoms. The van der Waals surface area contributed by atoms with Crippen LogP contribution in [0.3, 0.4) is 0 Å². The van der Waals surface area contributed by atoms with Crippen molar-refractivity contribution in [3.8, 4) is 0 Å². The van der Waals surface area contributed by atoms with Gasteiger partial charge < -0.3 is 14.3 Å². The topological polar surface area (TPSA) is 81.2 Å². The highest BCUT2D eigenvalue weighted by Crippen LogP contribution is 2.19. The summed E-state index contributed by atoms with van der Waals surface area (Å²) >= 11 is 1.71. The van der Waals surface area contributed by atoms with Crippen LogP contribution in [0.25, 0.3) is 0 Å². The number of rotatable bonds is 5. The van der Waals surface area contributed by atoms with E-state index in [0.29, 0.717) is 18.1 Å². The molecule has 1 unspecified atom stereocenters. The molecule has 7 heteroatoms. The van der Waals surface area contributed by atoms with Crippen molar-refractivity contribution in [2.24, 2.45) is 0 Å². The van der Waals surface area contributed by atoms with Gasteiger partial charge in [-0.1, -0.05) is 5.16 Å². The number of hydrogen-bond acceptors (Lipinski definition) is 6. The number of furan rings is 1. The molecule has 1 N–H and O–H groups in total. The van der Waals surface area contributed by atoms with Crippen LogP contribution in [0.4, 0.5) is 0 Å². The van der Waals surface area contributed by atoms with Gasteiger partial charge in [0.1, 0.15) is 6.04 Å². The van der Waals surface area contributed by atoms with Crippen molar-refractivity contribution >= 4 is 17.2 Å². The van der Waals surface area contributed by atoms with Crippen LogP contribution in [0.5, 0.6) is 0 Å². The first-order valence-electron chi connectivity index (χ1n) is 6.84. The van der Waals surface area contributed by atoms with Crippen LogP contribution >= 0.6 is 11.3 Å². The summed E-state index contributed by atoms with van der Waals surface area (Å²) in [5.74, 6) is 0.922. The normalized spacial score (nSPS) is 12.3. The van der Waals surface area contributed by atoms with E-state index in [1.807, 2.05) is 0 Å². The third-order valence-corrected chi connectivity index (χ3v) is 4.08. The van der Waals surface area contributed by atoms with Crippen molar-refractivity contribution in [1.82, 2.24) is 15.5 Å². The van der Waals surface area contributed by atoms with Crippen molar-refractivity contribution in [3.63, 3.8) is 0 Å².